The number of urea groups is 1. The number of likely N-dealkylation sites (tertiary alicyclic amines) is 1. The van der Waals surface area contributed by atoms with Crippen molar-refractivity contribution in [1.29, 1.82) is 0 Å². The molecule has 1 saturated heterocycles. The van der Waals surface area contributed by atoms with Crippen molar-refractivity contribution < 1.29 is 9.59 Å². The van der Waals surface area contributed by atoms with Crippen molar-refractivity contribution in [1.82, 2.24) is 20.5 Å². The number of pyridine rings is 1. The van der Waals surface area contributed by atoms with Crippen LogP contribution in [0.4, 0.5) is 4.79 Å². The zero-order valence-corrected chi connectivity index (χ0v) is 12.6. The van der Waals surface area contributed by atoms with Crippen molar-refractivity contribution in [2.24, 2.45) is 5.92 Å². The summed E-state index contributed by atoms with van der Waals surface area (Å²) in [5.74, 6) is 0.440. The number of hydrogen-bond acceptors (Lipinski definition) is 3. The molecule has 0 bridgehead atoms. The zero-order valence-electron chi connectivity index (χ0n) is 12.6. The van der Waals surface area contributed by atoms with E-state index in [2.05, 4.69) is 22.2 Å². The molecule has 1 aromatic heterocycles. The lowest BCUT2D eigenvalue weighted by atomic mass is 9.96. The van der Waals surface area contributed by atoms with E-state index >= 15 is 0 Å². The topological polar surface area (TPSA) is 74.3 Å². The normalized spacial score (nSPS) is 15.2. The summed E-state index contributed by atoms with van der Waals surface area (Å²) in [5.41, 5.74) is 0.628. The third-order valence-electron chi connectivity index (χ3n) is 3.77. The van der Waals surface area contributed by atoms with Crippen molar-refractivity contribution in [3.8, 4) is 0 Å². The van der Waals surface area contributed by atoms with E-state index in [4.69, 9.17) is 0 Å². The number of rotatable bonds is 5. The first kappa shape index (κ1) is 16.0. The van der Waals surface area contributed by atoms with Gasteiger partial charge in [0, 0.05) is 38.6 Å². The van der Waals surface area contributed by atoms with E-state index < -0.39 is 0 Å². The fraction of sp³-hybridized carbons (Fsp3) is 0.438. The van der Waals surface area contributed by atoms with Crippen molar-refractivity contribution >= 4 is 11.9 Å². The van der Waals surface area contributed by atoms with E-state index in [-0.39, 0.29) is 11.9 Å². The molecule has 2 N–H and O–H groups in total. The number of hydrogen-bond donors (Lipinski definition) is 2. The Labute approximate surface area is 130 Å². The Balaban J connectivity index is 1.73. The van der Waals surface area contributed by atoms with E-state index in [0.29, 0.717) is 37.7 Å². The van der Waals surface area contributed by atoms with E-state index in [9.17, 15) is 9.59 Å². The van der Waals surface area contributed by atoms with Crippen molar-refractivity contribution in [3.05, 3.63) is 42.7 Å². The molecular weight excluding hydrogens is 280 g/mol. The molecule has 0 radical (unpaired) electrons. The van der Waals surface area contributed by atoms with Gasteiger partial charge in [-0.15, -0.1) is 6.58 Å². The third-order valence-corrected chi connectivity index (χ3v) is 3.77. The highest BCUT2D eigenvalue weighted by Crippen LogP contribution is 2.18. The summed E-state index contributed by atoms with van der Waals surface area (Å²) in [7, 11) is 0. The maximum Gasteiger partial charge on any atom is 0.315 e. The van der Waals surface area contributed by atoms with Gasteiger partial charge in [0.2, 0.25) is 0 Å². The minimum Gasteiger partial charge on any atom is -0.339 e. The van der Waals surface area contributed by atoms with E-state index in [0.717, 1.165) is 12.8 Å². The Bertz CT molecular complexity index is 510. The van der Waals surface area contributed by atoms with Crippen molar-refractivity contribution in [3.63, 3.8) is 0 Å². The molecule has 0 saturated carbocycles. The van der Waals surface area contributed by atoms with Crippen LogP contribution in [0.25, 0.3) is 0 Å². The molecule has 1 aromatic rings. The predicted molar refractivity (Wildman–Crippen MR) is 84.5 cm³/mol. The van der Waals surface area contributed by atoms with Crippen LogP contribution in [-0.2, 0) is 0 Å². The monoisotopic (exact) mass is 302 g/mol. The number of piperidine rings is 1. The summed E-state index contributed by atoms with van der Waals surface area (Å²) in [4.78, 5) is 29.6. The molecule has 6 nitrogen and oxygen atoms in total. The van der Waals surface area contributed by atoms with Gasteiger partial charge in [-0.1, -0.05) is 6.08 Å². The van der Waals surface area contributed by atoms with Gasteiger partial charge in [0.1, 0.15) is 0 Å². The Morgan fingerprint density at radius 2 is 2.14 bits per heavy atom. The molecule has 0 aliphatic carbocycles. The molecule has 1 fully saturated rings. The Hall–Kier alpha value is -2.37. The second-order valence-corrected chi connectivity index (χ2v) is 5.36. The minimum atomic E-state index is -0.172. The van der Waals surface area contributed by atoms with Gasteiger partial charge < -0.3 is 15.5 Å². The molecule has 0 spiro atoms. The summed E-state index contributed by atoms with van der Waals surface area (Å²) in [5, 5.41) is 5.53. The number of carbonyl (C=O) groups excluding carboxylic acids is 2. The fourth-order valence-electron chi connectivity index (χ4n) is 2.48. The highest BCUT2D eigenvalue weighted by Gasteiger charge is 2.23. The van der Waals surface area contributed by atoms with Crippen molar-refractivity contribution in [2.45, 2.75) is 12.8 Å². The lowest BCUT2D eigenvalue weighted by Crippen LogP contribution is -2.43. The first-order valence-electron chi connectivity index (χ1n) is 7.52. The van der Waals surface area contributed by atoms with Crippen molar-refractivity contribution in [2.75, 3.05) is 26.2 Å². The maximum absolute atomic E-state index is 12.3. The Morgan fingerprint density at radius 3 is 2.77 bits per heavy atom. The second-order valence-electron chi connectivity index (χ2n) is 5.36. The third kappa shape index (κ3) is 4.58. The Kier molecular flexibility index (Phi) is 5.94. The summed E-state index contributed by atoms with van der Waals surface area (Å²) in [6.45, 7) is 6.08. The van der Waals surface area contributed by atoms with Crippen LogP contribution in [0.5, 0.6) is 0 Å². The second kappa shape index (κ2) is 8.17. The number of nitrogens with one attached hydrogen (secondary N) is 2. The zero-order chi connectivity index (χ0) is 15.8. The summed E-state index contributed by atoms with van der Waals surface area (Å²) >= 11 is 0. The molecule has 1 aliphatic rings. The van der Waals surface area contributed by atoms with Crippen LogP contribution < -0.4 is 10.6 Å². The molecule has 118 valence electrons. The highest BCUT2D eigenvalue weighted by atomic mass is 16.2. The SMILES string of the molecule is C=CCNC(=O)NCC1CCN(C(=O)c2cccnc2)CC1. The van der Waals surface area contributed by atoms with Crippen LogP contribution in [0.15, 0.2) is 37.2 Å². The predicted octanol–water partition coefficient (Wildman–Crippen LogP) is 1.42. The largest absolute Gasteiger partial charge is 0.339 e. The molecule has 6 heteroatoms. The fourth-order valence-corrected chi connectivity index (χ4v) is 2.48. The van der Waals surface area contributed by atoms with E-state index in [1.807, 2.05) is 4.90 Å². The summed E-state index contributed by atoms with van der Waals surface area (Å²) < 4.78 is 0. The lowest BCUT2D eigenvalue weighted by molar-refractivity contribution is 0.0690. The minimum absolute atomic E-state index is 0.0308. The summed E-state index contributed by atoms with van der Waals surface area (Å²) in [6.07, 6.45) is 6.69. The molecular formula is C16H22N4O2. The molecule has 3 amide bonds. The number of amides is 3. The van der Waals surface area contributed by atoms with E-state index in [1.165, 1.54) is 0 Å². The molecule has 0 atom stereocenters. The van der Waals surface area contributed by atoms with Crippen LogP contribution in [0, 0.1) is 5.92 Å². The van der Waals surface area contributed by atoms with Gasteiger partial charge in [0.05, 0.1) is 5.56 Å². The average Bonchev–Trinajstić information content (AvgIpc) is 2.58. The smallest absolute Gasteiger partial charge is 0.315 e. The molecule has 22 heavy (non-hydrogen) atoms. The quantitative estimate of drug-likeness (QED) is 0.808. The lowest BCUT2D eigenvalue weighted by Gasteiger charge is -2.32. The van der Waals surface area contributed by atoms with Gasteiger partial charge in [-0.3, -0.25) is 9.78 Å². The van der Waals surface area contributed by atoms with Gasteiger partial charge in [-0.2, -0.15) is 0 Å². The maximum atomic E-state index is 12.3. The van der Waals surface area contributed by atoms with Crippen LogP contribution in [0.3, 0.4) is 0 Å². The number of aromatic nitrogens is 1. The van der Waals surface area contributed by atoms with Gasteiger partial charge in [0.15, 0.2) is 0 Å². The van der Waals surface area contributed by atoms with Crippen LogP contribution in [-0.4, -0.2) is 48.0 Å². The molecule has 2 rings (SSSR count). The van der Waals surface area contributed by atoms with Gasteiger partial charge in [-0.05, 0) is 30.9 Å². The molecule has 1 aliphatic heterocycles. The van der Waals surface area contributed by atoms with Crippen LogP contribution in [0.2, 0.25) is 0 Å². The average molecular weight is 302 g/mol. The molecule has 0 aromatic carbocycles. The first-order chi connectivity index (χ1) is 10.7. The van der Waals surface area contributed by atoms with Crippen LogP contribution in [0.1, 0.15) is 23.2 Å². The standard InChI is InChI=1S/C16H22N4O2/c1-2-7-18-16(22)19-11-13-5-9-20(10-6-13)15(21)14-4-3-8-17-12-14/h2-4,8,12-13H,1,5-7,9-11H2,(H2,18,19,22). The van der Waals surface area contributed by atoms with Gasteiger partial charge >= 0.3 is 6.03 Å². The van der Waals surface area contributed by atoms with Gasteiger partial charge in [0.25, 0.3) is 5.91 Å². The van der Waals surface area contributed by atoms with Crippen LogP contribution >= 0.6 is 0 Å². The number of nitrogens with zero attached hydrogens (tertiary/aromatic N) is 2. The highest BCUT2D eigenvalue weighted by molar-refractivity contribution is 5.93. The molecule has 2 heterocycles. The molecule has 0 unspecified atom stereocenters. The first-order valence-corrected chi connectivity index (χ1v) is 7.52. The summed E-state index contributed by atoms with van der Waals surface area (Å²) in [6, 6.07) is 3.38. The number of carbonyl (C=O) groups is 2. The Morgan fingerprint density at radius 1 is 1.36 bits per heavy atom. The van der Waals surface area contributed by atoms with E-state index in [1.54, 1.807) is 30.6 Å². The van der Waals surface area contributed by atoms with Gasteiger partial charge in [-0.25, -0.2) is 4.79 Å².